The van der Waals surface area contributed by atoms with Crippen molar-refractivity contribution >= 4 is 28.3 Å². The second-order valence-electron chi connectivity index (χ2n) is 6.02. The molecule has 0 N–H and O–H groups in total. The Morgan fingerprint density at radius 3 is 3.00 bits per heavy atom. The Morgan fingerprint density at radius 1 is 1.24 bits per heavy atom. The molecule has 0 aliphatic carbocycles. The molecule has 1 aromatic heterocycles. The third kappa shape index (κ3) is 3.57. The molecule has 2 aromatic carbocycles. The highest BCUT2D eigenvalue weighted by Gasteiger charge is 2.19. The van der Waals surface area contributed by atoms with Crippen LogP contribution in [0.4, 0.5) is 0 Å². The number of Topliss-reactive ketones (excluding diaryl/α,β-unsaturated/α-hetero) is 1. The van der Waals surface area contributed by atoms with Gasteiger partial charge >= 0.3 is 0 Å². The number of ether oxygens (including phenoxy) is 1. The molecule has 0 bridgehead atoms. The van der Waals surface area contributed by atoms with Crippen LogP contribution >= 0.6 is 11.8 Å². The number of thioether (sulfide) groups is 1. The first kappa shape index (κ1) is 16.2. The van der Waals surface area contributed by atoms with Gasteiger partial charge in [-0.25, -0.2) is 4.68 Å². The first-order chi connectivity index (χ1) is 12.3. The second-order valence-corrected chi connectivity index (χ2v) is 6.96. The molecule has 2 heterocycles. The molecule has 1 unspecified atom stereocenters. The summed E-state index contributed by atoms with van der Waals surface area (Å²) in [5.41, 5.74) is 0.740. The number of tetrazole rings is 1. The lowest BCUT2D eigenvalue weighted by molar-refractivity contribution is 0.0912. The Balaban J connectivity index is 1.46. The molecule has 0 spiro atoms. The van der Waals surface area contributed by atoms with Crippen molar-refractivity contribution < 1.29 is 9.53 Å². The monoisotopic (exact) mass is 354 g/mol. The van der Waals surface area contributed by atoms with Crippen LogP contribution < -0.4 is 0 Å². The normalized spacial score (nSPS) is 17.2. The number of aromatic nitrogens is 4. The summed E-state index contributed by atoms with van der Waals surface area (Å²) in [6, 6.07) is 13.7. The third-order valence-electron chi connectivity index (χ3n) is 4.32. The minimum atomic E-state index is 0.0773. The van der Waals surface area contributed by atoms with Gasteiger partial charge in [0.2, 0.25) is 5.16 Å². The van der Waals surface area contributed by atoms with E-state index < -0.39 is 0 Å². The van der Waals surface area contributed by atoms with Gasteiger partial charge < -0.3 is 4.74 Å². The molecule has 0 radical (unpaired) electrons. The van der Waals surface area contributed by atoms with Crippen LogP contribution in [0.15, 0.2) is 47.6 Å². The number of fused-ring (bicyclic) bond motifs is 1. The van der Waals surface area contributed by atoms with Crippen molar-refractivity contribution in [3.8, 4) is 0 Å². The van der Waals surface area contributed by atoms with Crippen LogP contribution in [-0.4, -0.2) is 44.5 Å². The Labute approximate surface area is 149 Å². The summed E-state index contributed by atoms with van der Waals surface area (Å²) in [6.07, 6.45) is 2.27. The van der Waals surface area contributed by atoms with Crippen molar-refractivity contribution in [2.45, 2.75) is 30.6 Å². The zero-order valence-corrected chi connectivity index (χ0v) is 14.5. The zero-order chi connectivity index (χ0) is 17.1. The number of ketones is 1. The second kappa shape index (κ2) is 7.33. The van der Waals surface area contributed by atoms with E-state index in [4.69, 9.17) is 4.74 Å². The summed E-state index contributed by atoms with van der Waals surface area (Å²) in [5, 5.41) is 14.5. The van der Waals surface area contributed by atoms with E-state index in [0.717, 1.165) is 35.8 Å². The van der Waals surface area contributed by atoms with Gasteiger partial charge in [-0.05, 0) is 34.0 Å². The molecule has 128 valence electrons. The van der Waals surface area contributed by atoms with Gasteiger partial charge in [0.1, 0.15) is 0 Å². The maximum Gasteiger partial charge on any atom is 0.209 e. The van der Waals surface area contributed by atoms with E-state index in [9.17, 15) is 4.79 Å². The molecule has 6 nitrogen and oxygen atoms in total. The SMILES string of the molecule is O=C(CSc1nnnn1CC1CCCO1)c1cccc2ccccc12. The first-order valence-electron chi connectivity index (χ1n) is 8.33. The highest BCUT2D eigenvalue weighted by atomic mass is 32.2. The Bertz CT molecular complexity index is 884. The van der Waals surface area contributed by atoms with Crippen molar-refractivity contribution in [1.29, 1.82) is 0 Å². The first-order valence-corrected chi connectivity index (χ1v) is 9.31. The van der Waals surface area contributed by atoms with Gasteiger partial charge in [-0.3, -0.25) is 4.79 Å². The molecule has 7 heteroatoms. The lowest BCUT2D eigenvalue weighted by atomic mass is 10.0. The van der Waals surface area contributed by atoms with Crippen molar-refractivity contribution in [2.75, 3.05) is 12.4 Å². The smallest absolute Gasteiger partial charge is 0.209 e. The van der Waals surface area contributed by atoms with E-state index in [-0.39, 0.29) is 11.9 Å². The fraction of sp³-hybridized carbons (Fsp3) is 0.333. The molecule has 1 fully saturated rings. The van der Waals surface area contributed by atoms with Crippen LogP contribution in [0.2, 0.25) is 0 Å². The van der Waals surface area contributed by atoms with Gasteiger partial charge in [0.15, 0.2) is 5.78 Å². The van der Waals surface area contributed by atoms with E-state index >= 15 is 0 Å². The van der Waals surface area contributed by atoms with Gasteiger partial charge in [0.05, 0.1) is 18.4 Å². The number of rotatable bonds is 6. The van der Waals surface area contributed by atoms with Crippen LogP contribution in [0.3, 0.4) is 0 Å². The van der Waals surface area contributed by atoms with Gasteiger partial charge in [-0.15, -0.1) is 5.10 Å². The van der Waals surface area contributed by atoms with Crippen molar-refractivity contribution in [2.24, 2.45) is 0 Å². The number of benzene rings is 2. The molecule has 1 aliphatic rings. The number of hydrogen-bond acceptors (Lipinski definition) is 6. The van der Waals surface area contributed by atoms with Gasteiger partial charge in [0, 0.05) is 12.2 Å². The molecular formula is C18H18N4O2S. The molecule has 25 heavy (non-hydrogen) atoms. The molecule has 0 saturated carbocycles. The lowest BCUT2D eigenvalue weighted by Crippen LogP contribution is -2.17. The van der Waals surface area contributed by atoms with Crippen LogP contribution in [0, 0.1) is 0 Å². The maximum atomic E-state index is 12.7. The standard InChI is InChI=1S/C18H18N4O2S/c23-17(16-9-3-6-13-5-1-2-8-15(13)16)12-25-18-19-20-21-22(18)11-14-7-4-10-24-14/h1-3,5-6,8-9,14H,4,7,10-12H2. The van der Waals surface area contributed by atoms with E-state index in [1.54, 1.807) is 4.68 Å². The average molecular weight is 354 g/mol. The predicted octanol–water partition coefficient (Wildman–Crippen LogP) is 2.98. The Kier molecular flexibility index (Phi) is 4.76. The number of carbonyl (C=O) groups excluding carboxylic acids is 1. The quantitative estimate of drug-likeness (QED) is 0.501. The molecule has 0 amide bonds. The lowest BCUT2D eigenvalue weighted by Gasteiger charge is -2.10. The maximum absolute atomic E-state index is 12.7. The van der Waals surface area contributed by atoms with Gasteiger partial charge in [-0.1, -0.05) is 54.2 Å². The highest BCUT2D eigenvalue weighted by Crippen LogP contribution is 2.23. The topological polar surface area (TPSA) is 69.9 Å². The van der Waals surface area contributed by atoms with Crippen molar-refractivity contribution in [1.82, 2.24) is 20.2 Å². The molecule has 1 atom stereocenters. The summed E-state index contributed by atoms with van der Waals surface area (Å²) < 4.78 is 7.36. The average Bonchev–Trinajstić information content (AvgIpc) is 3.31. The summed E-state index contributed by atoms with van der Waals surface area (Å²) in [7, 11) is 0. The minimum Gasteiger partial charge on any atom is -0.376 e. The summed E-state index contributed by atoms with van der Waals surface area (Å²) in [6.45, 7) is 1.44. The van der Waals surface area contributed by atoms with Crippen molar-refractivity contribution in [3.63, 3.8) is 0 Å². The summed E-state index contributed by atoms with van der Waals surface area (Å²) in [5.74, 6) is 0.383. The number of nitrogens with zero attached hydrogens (tertiary/aromatic N) is 4. The highest BCUT2D eigenvalue weighted by molar-refractivity contribution is 7.99. The van der Waals surface area contributed by atoms with Gasteiger partial charge in [0.25, 0.3) is 0 Å². The van der Waals surface area contributed by atoms with Crippen molar-refractivity contribution in [3.05, 3.63) is 48.0 Å². The molecule has 3 aromatic rings. The Hall–Kier alpha value is -2.25. The van der Waals surface area contributed by atoms with Crippen LogP contribution in [-0.2, 0) is 11.3 Å². The number of hydrogen-bond donors (Lipinski definition) is 0. The van der Waals surface area contributed by atoms with Crippen LogP contribution in [0.25, 0.3) is 10.8 Å². The fourth-order valence-corrected chi connectivity index (χ4v) is 3.84. The van der Waals surface area contributed by atoms with Gasteiger partial charge in [-0.2, -0.15) is 0 Å². The largest absolute Gasteiger partial charge is 0.376 e. The third-order valence-corrected chi connectivity index (χ3v) is 5.28. The molecular weight excluding hydrogens is 336 g/mol. The van der Waals surface area contributed by atoms with E-state index in [2.05, 4.69) is 15.5 Å². The van der Waals surface area contributed by atoms with E-state index in [1.807, 2.05) is 42.5 Å². The fourth-order valence-electron chi connectivity index (χ4n) is 3.07. The van der Waals surface area contributed by atoms with Crippen LogP contribution in [0.1, 0.15) is 23.2 Å². The predicted molar refractivity (Wildman–Crippen MR) is 95.8 cm³/mol. The molecule has 4 rings (SSSR count). The van der Waals surface area contributed by atoms with E-state index in [0.29, 0.717) is 17.5 Å². The summed E-state index contributed by atoms with van der Waals surface area (Å²) >= 11 is 1.37. The molecule has 1 aliphatic heterocycles. The van der Waals surface area contributed by atoms with E-state index in [1.165, 1.54) is 11.8 Å². The van der Waals surface area contributed by atoms with Crippen LogP contribution in [0.5, 0.6) is 0 Å². The summed E-state index contributed by atoms with van der Waals surface area (Å²) in [4.78, 5) is 12.7. The Morgan fingerprint density at radius 2 is 2.12 bits per heavy atom. The number of carbonyl (C=O) groups is 1. The zero-order valence-electron chi connectivity index (χ0n) is 13.7. The minimum absolute atomic E-state index is 0.0773. The molecule has 1 saturated heterocycles.